The zero-order chi connectivity index (χ0) is 46.7. The molecule has 0 radical (unpaired) electrons. The normalized spacial score (nSPS) is 17.1. The highest BCUT2D eigenvalue weighted by Crippen LogP contribution is 2.68. The van der Waals surface area contributed by atoms with E-state index in [0.717, 1.165) is 52.0 Å². The number of benzene rings is 2. The molecule has 1 amide bonds. The van der Waals surface area contributed by atoms with Crippen molar-refractivity contribution in [3.8, 4) is 16.9 Å². The van der Waals surface area contributed by atoms with E-state index < -0.39 is 105 Å². The number of fused-ring (bicyclic) bond motifs is 5. The van der Waals surface area contributed by atoms with E-state index >= 15 is 13.6 Å². The van der Waals surface area contributed by atoms with Gasteiger partial charge in [-0.15, -0.1) is 0 Å². The van der Waals surface area contributed by atoms with E-state index in [0.29, 0.717) is 10.7 Å². The molecule has 0 saturated heterocycles. The summed E-state index contributed by atoms with van der Waals surface area (Å²) in [5.41, 5.74) is -5.43. The molecule has 65 heavy (non-hydrogen) atoms. The van der Waals surface area contributed by atoms with Crippen molar-refractivity contribution in [3.63, 3.8) is 0 Å². The zero-order valence-corrected chi connectivity index (χ0v) is 34.7. The van der Waals surface area contributed by atoms with Crippen LogP contribution in [0.25, 0.3) is 38.9 Å². The van der Waals surface area contributed by atoms with Gasteiger partial charge in [0.15, 0.2) is 11.5 Å². The lowest BCUT2D eigenvalue weighted by atomic mass is 10.0. The molecule has 5 aromatic heterocycles. The summed E-state index contributed by atoms with van der Waals surface area (Å²) in [7, 11) is -2.64. The van der Waals surface area contributed by atoms with Gasteiger partial charge >= 0.3 is 6.18 Å². The van der Waals surface area contributed by atoms with Gasteiger partial charge in [0, 0.05) is 42.8 Å². The lowest BCUT2D eigenvalue weighted by molar-refractivity contribution is -0.141. The first-order chi connectivity index (χ1) is 30.5. The number of alkyl halides is 7. The zero-order valence-electron chi connectivity index (χ0n) is 33.1. The maximum absolute atomic E-state index is 15.5. The summed E-state index contributed by atoms with van der Waals surface area (Å²) in [5, 5.41) is 9.98. The Kier molecular flexibility index (Phi) is 10.3. The van der Waals surface area contributed by atoms with Crippen LogP contribution in [0, 0.1) is 17.6 Å². The van der Waals surface area contributed by atoms with Crippen molar-refractivity contribution >= 4 is 55.3 Å². The van der Waals surface area contributed by atoms with Crippen LogP contribution in [0.2, 0.25) is 5.02 Å². The van der Waals surface area contributed by atoms with Gasteiger partial charge in [0.25, 0.3) is 17.9 Å². The van der Waals surface area contributed by atoms with Gasteiger partial charge in [-0.25, -0.2) is 40.9 Å². The highest BCUT2D eigenvalue weighted by atomic mass is 35.5. The molecule has 25 heteroatoms. The molecular formula is C40H28ClF9N10O4S. The third-order valence-corrected chi connectivity index (χ3v) is 11.9. The Balaban J connectivity index is 1.26. The molecule has 0 bridgehead atoms. The van der Waals surface area contributed by atoms with E-state index in [4.69, 9.17) is 11.6 Å². The van der Waals surface area contributed by atoms with Crippen molar-refractivity contribution < 1.29 is 52.7 Å². The molecule has 9 rings (SSSR count). The summed E-state index contributed by atoms with van der Waals surface area (Å²) in [6.45, 7) is -1.07. The Morgan fingerprint density at radius 2 is 1.75 bits per heavy atom. The number of sulfonamides is 1. The molecule has 2 aliphatic rings. The number of hydrogen-bond donors (Lipinski definition) is 2. The topological polar surface area (TPSA) is 172 Å². The fourth-order valence-electron chi connectivity index (χ4n) is 8.36. The van der Waals surface area contributed by atoms with Crippen molar-refractivity contribution in [2.24, 2.45) is 13.0 Å². The minimum absolute atomic E-state index is 0.0360. The Labute approximate surface area is 364 Å². The van der Waals surface area contributed by atoms with Gasteiger partial charge in [0.05, 0.1) is 45.0 Å². The molecule has 2 aromatic carbocycles. The molecule has 0 aliphatic heterocycles. The highest BCUT2D eigenvalue weighted by molar-refractivity contribution is 7.92. The Morgan fingerprint density at radius 3 is 2.43 bits per heavy atom. The first-order valence-electron chi connectivity index (χ1n) is 19.1. The third-order valence-electron chi connectivity index (χ3n) is 11.0. The van der Waals surface area contributed by atoms with Gasteiger partial charge in [-0.1, -0.05) is 17.7 Å². The fourth-order valence-corrected chi connectivity index (χ4v) is 9.09. The quantitative estimate of drug-likeness (QED) is 0.125. The molecular weight excluding hydrogens is 923 g/mol. The molecule has 1 fully saturated rings. The number of hydrogen-bond acceptors (Lipinski definition) is 9. The molecule has 5 heterocycles. The van der Waals surface area contributed by atoms with Gasteiger partial charge in [-0.3, -0.25) is 28.2 Å². The van der Waals surface area contributed by atoms with E-state index in [-0.39, 0.29) is 67.3 Å². The van der Waals surface area contributed by atoms with Gasteiger partial charge < -0.3 is 5.32 Å². The predicted molar refractivity (Wildman–Crippen MR) is 214 cm³/mol. The lowest BCUT2D eigenvalue weighted by Gasteiger charge is -2.24. The second-order valence-corrected chi connectivity index (χ2v) is 17.7. The summed E-state index contributed by atoms with van der Waals surface area (Å²) in [6.07, 6.45) is -6.85. The van der Waals surface area contributed by atoms with Crippen LogP contribution in [0.15, 0.2) is 65.6 Å². The van der Waals surface area contributed by atoms with Crippen LogP contribution in [0.4, 0.5) is 45.3 Å². The van der Waals surface area contributed by atoms with Crippen LogP contribution in [0.3, 0.4) is 0 Å². The van der Waals surface area contributed by atoms with Crippen LogP contribution in [-0.4, -0.2) is 59.7 Å². The summed E-state index contributed by atoms with van der Waals surface area (Å²) >= 11 is 6.59. The van der Waals surface area contributed by atoms with Crippen LogP contribution in [-0.2, 0) is 46.9 Å². The number of rotatable bonds is 11. The average molecular weight is 951 g/mol. The SMILES string of the molecule is Cn1nc(NS(C)(=O)=O)c2c(Cl)ccc(-n3c([C@H](Cc4cc(F)cc(F)c4)NC(=O)Cn4nc(C(F)F)c5c4C(F)(F)[C@@H]4C[C@H]54)nc4ncc(-c5cccc(C(F)(F)F)n5)cc4c3=O)c21. The van der Waals surface area contributed by atoms with Gasteiger partial charge in [-0.05, 0) is 60.4 Å². The number of aromatic nitrogens is 8. The van der Waals surface area contributed by atoms with E-state index in [1.807, 2.05) is 0 Å². The number of anilines is 1. The number of nitrogens with one attached hydrogen (secondary N) is 2. The van der Waals surface area contributed by atoms with Crippen molar-refractivity contribution in [1.82, 2.24) is 44.4 Å². The van der Waals surface area contributed by atoms with E-state index in [9.17, 15) is 43.9 Å². The van der Waals surface area contributed by atoms with Gasteiger partial charge in [0.1, 0.15) is 41.1 Å². The van der Waals surface area contributed by atoms with Crippen LogP contribution >= 0.6 is 11.6 Å². The second-order valence-electron chi connectivity index (χ2n) is 15.5. The second kappa shape index (κ2) is 15.3. The molecule has 338 valence electrons. The number of aryl methyl sites for hydroxylation is 1. The Hall–Kier alpha value is -6.56. The van der Waals surface area contributed by atoms with E-state index in [1.165, 1.54) is 25.2 Å². The summed E-state index contributed by atoms with van der Waals surface area (Å²) in [4.78, 5) is 41.7. The molecule has 2 N–H and O–H groups in total. The van der Waals surface area contributed by atoms with Crippen molar-refractivity contribution in [2.45, 2.75) is 49.9 Å². The van der Waals surface area contributed by atoms with Gasteiger partial charge in [0.2, 0.25) is 15.9 Å². The highest BCUT2D eigenvalue weighted by Gasteiger charge is 2.67. The molecule has 7 aromatic rings. The van der Waals surface area contributed by atoms with Crippen LogP contribution in [0.5, 0.6) is 0 Å². The standard InChI is InChI=1S/C40H28ClF9N10O4S/c1-58-32-26(7-6-23(41)30(32)36(56-58)57-65(2,63)64)60-37(54-35-21(38(60)62)11-17(14-51-35)24-4-3-5-27(52-24)40(48,49)50)25(10-16-8-18(42)12-19(43)9-16)53-28(61)15-59-33-29(31(55-59)34(44)45)20-13-22(20)39(33,46)47/h3-9,11-12,14,20,22,25,34H,10,13,15H2,1-2H3,(H,53,61)(H,56,57)/t20-,22+,25-/m0/s1. The molecule has 2 aliphatic carbocycles. The minimum Gasteiger partial charge on any atom is -0.344 e. The summed E-state index contributed by atoms with van der Waals surface area (Å²) in [6, 6.07) is 7.41. The number of amides is 1. The maximum Gasteiger partial charge on any atom is 0.433 e. The van der Waals surface area contributed by atoms with Crippen LogP contribution in [0.1, 0.15) is 58.8 Å². The van der Waals surface area contributed by atoms with Crippen LogP contribution < -0.4 is 15.6 Å². The monoisotopic (exact) mass is 950 g/mol. The minimum atomic E-state index is -4.84. The molecule has 14 nitrogen and oxygen atoms in total. The summed E-state index contributed by atoms with van der Waals surface area (Å²) in [5.74, 6) is -9.77. The molecule has 0 unspecified atom stereocenters. The molecule has 0 spiro atoms. The molecule has 3 atom stereocenters. The van der Waals surface area contributed by atoms with E-state index in [2.05, 4.69) is 35.2 Å². The predicted octanol–water partition coefficient (Wildman–Crippen LogP) is 7.49. The first-order valence-corrected chi connectivity index (χ1v) is 21.4. The number of pyridine rings is 2. The molecule has 1 saturated carbocycles. The van der Waals surface area contributed by atoms with Crippen molar-refractivity contribution in [3.05, 3.63) is 122 Å². The Bertz CT molecular complexity index is 3300. The third kappa shape index (κ3) is 7.80. The smallest absolute Gasteiger partial charge is 0.344 e. The van der Waals surface area contributed by atoms with Crippen molar-refractivity contribution in [1.29, 1.82) is 0 Å². The number of nitrogens with zero attached hydrogens (tertiary/aromatic N) is 8. The maximum atomic E-state index is 15.5. The fraction of sp³-hybridized carbons (Fsp3) is 0.275. The average Bonchev–Trinajstić information content (AvgIpc) is 3.75. The largest absolute Gasteiger partial charge is 0.433 e. The summed E-state index contributed by atoms with van der Waals surface area (Å²) < 4.78 is 159. The van der Waals surface area contributed by atoms with E-state index in [1.54, 1.807) is 0 Å². The van der Waals surface area contributed by atoms with Crippen molar-refractivity contribution in [2.75, 3.05) is 11.0 Å². The van der Waals surface area contributed by atoms with Gasteiger partial charge in [-0.2, -0.15) is 32.1 Å². The first kappa shape index (κ1) is 43.7. The number of halogens is 10. The Morgan fingerprint density at radius 1 is 1.03 bits per heavy atom. The lowest BCUT2D eigenvalue weighted by Crippen LogP contribution is -2.38. The number of carbonyl (C=O) groups is 1. The number of carbonyl (C=O) groups excluding carboxylic acids is 1.